The molecule has 0 radical (unpaired) electrons. The summed E-state index contributed by atoms with van der Waals surface area (Å²) in [6, 6.07) is 7.98. The van der Waals surface area contributed by atoms with Crippen molar-refractivity contribution in [3.8, 4) is 0 Å². The quantitative estimate of drug-likeness (QED) is 0.805. The zero-order chi connectivity index (χ0) is 15.9. The van der Waals surface area contributed by atoms with Gasteiger partial charge in [0.15, 0.2) is 0 Å². The van der Waals surface area contributed by atoms with E-state index in [1.807, 2.05) is 31.2 Å². The number of thiophene rings is 1. The fraction of sp³-hybridized carbons (Fsp3) is 0.188. The number of amides is 1. The minimum absolute atomic E-state index is 0.146. The Hall–Kier alpha value is -2.47. The number of nitrogens with zero attached hydrogens (tertiary/aromatic N) is 2. The van der Waals surface area contributed by atoms with E-state index in [1.165, 1.54) is 6.33 Å². The average molecular weight is 313 g/mol. The van der Waals surface area contributed by atoms with Crippen LogP contribution < -0.4 is 11.3 Å². The average Bonchev–Trinajstić information content (AvgIpc) is 2.80. The van der Waals surface area contributed by atoms with Crippen LogP contribution in [0.1, 0.15) is 26.4 Å². The Morgan fingerprint density at radius 2 is 2.14 bits per heavy atom. The van der Waals surface area contributed by atoms with Crippen LogP contribution in [-0.4, -0.2) is 15.5 Å². The highest BCUT2D eigenvalue weighted by atomic mass is 32.1. The molecule has 0 saturated heterocycles. The van der Waals surface area contributed by atoms with Crippen molar-refractivity contribution in [3.05, 3.63) is 62.5 Å². The van der Waals surface area contributed by atoms with Gasteiger partial charge in [-0.05, 0) is 25.0 Å². The van der Waals surface area contributed by atoms with E-state index in [0.717, 1.165) is 22.5 Å². The van der Waals surface area contributed by atoms with Crippen molar-refractivity contribution in [1.82, 2.24) is 9.55 Å². The number of benzene rings is 1. The number of primary amides is 1. The standard InChI is InChI=1S/C16H15N3O2S/c1-9-4-3-5-11(6-9)7-19-8-18-15-12(16(19)21)10(2)13(22-15)14(17)20/h3-6,8H,7H2,1-2H3,(H2,17,20). The summed E-state index contributed by atoms with van der Waals surface area (Å²) in [4.78, 5) is 29.3. The van der Waals surface area contributed by atoms with E-state index < -0.39 is 5.91 Å². The number of aromatic nitrogens is 2. The molecule has 5 nitrogen and oxygen atoms in total. The van der Waals surface area contributed by atoms with Crippen molar-refractivity contribution in [3.63, 3.8) is 0 Å². The first-order valence-corrected chi connectivity index (χ1v) is 7.63. The van der Waals surface area contributed by atoms with Crippen LogP contribution in [0.4, 0.5) is 0 Å². The van der Waals surface area contributed by atoms with Crippen LogP contribution in [-0.2, 0) is 6.54 Å². The lowest BCUT2D eigenvalue weighted by atomic mass is 10.1. The Morgan fingerprint density at radius 3 is 2.82 bits per heavy atom. The molecule has 2 N–H and O–H groups in total. The van der Waals surface area contributed by atoms with Gasteiger partial charge in [0, 0.05) is 0 Å². The predicted molar refractivity (Wildman–Crippen MR) is 87.4 cm³/mol. The van der Waals surface area contributed by atoms with E-state index in [9.17, 15) is 9.59 Å². The highest BCUT2D eigenvalue weighted by molar-refractivity contribution is 7.20. The van der Waals surface area contributed by atoms with Gasteiger partial charge in [0.1, 0.15) is 4.83 Å². The molecule has 1 aromatic carbocycles. The lowest BCUT2D eigenvalue weighted by Gasteiger charge is -2.06. The highest BCUT2D eigenvalue weighted by Gasteiger charge is 2.17. The normalized spacial score (nSPS) is 11.0. The zero-order valence-corrected chi connectivity index (χ0v) is 13.1. The third kappa shape index (κ3) is 2.42. The monoisotopic (exact) mass is 313 g/mol. The fourth-order valence-electron chi connectivity index (χ4n) is 2.51. The van der Waals surface area contributed by atoms with E-state index in [-0.39, 0.29) is 5.56 Å². The molecule has 0 unspecified atom stereocenters. The van der Waals surface area contributed by atoms with E-state index in [2.05, 4.69) is 4.98 Å². The van der Waals surface area contributed by atoms with Crippen LogP contribution in [0, 0.1) is 13.8 Å². The van der Waals surface area contributed by atoms with E-state index >= 15 is 0 Å². The number of hydrogen-bond acceptors (Lipinski definition) is 4. The second-order valence-corrected chi connectivity index (χ2v) is 6.27. The third-order valence-corrected chi connectivity index (χ3v) is 4.79. The van der Waals surface area contributed by atoms with Crippen LogP contribution in [0.5, 0.6) is 0 Å². The molecule has 0 spiro atoms. The Labute approximate surface area is 131 Å². The van der Waals surface area contributed by atoms with Crippen molar-refractivity contribution < 1.29 is 4.79 Å². The molecule has 0 aliphatic heterocycles. The maximum atomic E-state index is 12.7. The van der Waals surface area contributed by atoms with Crippen LogP contribution in [0.3, 0.4) is 0 Å². The Bertz CT molecular complexity index is 940. The maximum Gasteiger partial charge on any atom is 0.262 e. The summed E-state index contributed by atoms with van der Waals surface area (Å²) in [5.74, 6) is -0.523. The molecule has 112 valence electrons. The van der Waals surface area contributed by atoms with Crippen molar-refractivity contribution in [1.29, 1.82) is 0 Å². The number of fused-ring (bicyclic) bond motifs is 1. The van der Waals surface area contributed by atoms with Gasteiger partial charge in [-0.15, -0.1) is 11.3 Å². The molecule has 0 aliphatic carbocycles. The first-order valence-electron chi connectivity index (χ1n) is 6.81. The second kappa shape index (κ2) is 5.38. The molecule has 0 atom stereocenters. The van der Waals surface area contributed by atoms with Gasteiger partial charge in [-0.3, -0.25) is 14.2 Å². The third-order valence-electron chi connectivity index (χ3n) is 3.58. The molecule has 0 saturated carbocycles. The zero-order valence-electron chi connectivity index (χ0n) is 12.3. The number of carbonyl (C=O) groups is 1. The molecule has 6 heteroatoms. The topological polar surface area (TPSA) is 78.0 Å². The van der Waals surface area contributed by atoms with E-state index in [0.29, 0.717) is 27.2 Å². The largest absolute Gasteiger partial charge is 0.365 e. The summed E-state index contributed by atoms with van der Waals surface area (Å²) >= 11 is 1.16. The highest BCUT2D eigenvalue weighted by Crippen LogP contribution is 2.26. The number of aryl methyl sites for hydroxylation is 2. The summed E-state index contributed by atoms with van der Waals surface area (Å²) in [5, 5.41) is 0.481. The van der Waals surface area contributed by atoms with E-state index in [4.69, 9.17) is 5.73 Å². The Balaban J connectivity index is 2.12. The molecule has 3 rings (SSSR count). The van der Waals surface area contributed by atoms with Gasteiger partial charge >= 0.3 is 0 Å². The van der Waals surface area contributed by atoms with Crippen LogP contribution in [0.25, 0.3) is 10.2 Å². The number of nitrogens with two attached hydrogens (primary N) is 1. The van der Waals surface area contributed by atoms with E-state index in [1.54, 1.807) is 11.5 Å². The Kier molecular flexibility index (Phi) is 3.54. The first-order chi connectivity index (χ1) is 10.5. The van der Waals surface area contributed by atoms with Gasteiger partial charge in [0.2, 0.25) is 0 Å². The lowest BCUT2D eigenvalue weighted by molar-refractivity contribution is 0.100. The molecular formula is C16H15N3O2S. The molecule has 1 amide bonds. The van der Waals surface area contributed by atoms with Crippen molar-refractivity contribution in [2.45, 2.75) is 20.4 Å². The van der Waals surface area contributed by atoms with Crippen LogP contribution in [0.2, 0.25) is 0 Å². The van der Waals surface area contributed by atoms with Gasteiger partial charge in [0.25, 0.3) is 11.5 Å². The van der Waals surface area contributed by atoms with Gasteiger partial charge in [0.05, 0.1) is 23.1 Å². The molecule has 2 heterocycles. The summed E-state index contributed by atoms with van der Waals surface area (Å²) in [6.45, 7) is 4.19. The molecular weight excluding hydrogens is 298 g/mol. The van der Waals surface area contributed by atoms with Gasteiger partial charge in [-0.1, -0.05) is 29.8 Å². The van der Waals surface area contributed by atoms with Crippen LogP contribution >= 0.6 is 11.3 Å². The van der Waals surface area contributed by atoms with Crippen molar-refractivity contribution >= 4 is 27.5 Å². The van der Waals surface area contributed by atoms with Crippen molar-refractivity contribution in [2.24, 2.45) is 5.73 Å². The summed E-state index contributed by atoms with van der Waals surface area (Å²) in [6.07, 6.45) is 1.52. The van der Waals surface area contributed by atoms with Gasteiger partial charge in [-0.25, -0.2) is 4.98 Å². The number of hydrogen-bond donors (Lipinski definition) is 1. The number of carbonyl (C=O) groups excluding carboxylic acids is 1. The van der Waals surface area contributed by atoms with Crippen molar-refractivity contribution in [2.75, 3.05) is 0 Å². The smallest absolute Gasteiger partial charge is 0.262 e. The predicted octanol–water partition coefficient (Wildman–Crippen LogP) is 2.22. The van der Waals surface area contributed by atoms with Gasteiger partial charge in [-0.2, -0.15) is 0 Å². The van der Waals surface area contributed by atoms with Crippen LogP contribution in [0.15, 0.2) is 35.4 Å². The maximum absolute atomic E-state index is 12.7. The molecule has 0 fully saturated rings. The second-order valence-electron chi connectivity index (χ2n) is 5.27. The number of rotatable bonds is 3. The lowest BCUT2D eigenvalue weighted by Crippen LogP contribution is -2.21. The minimum atomic E-state index is -0.523. The molecule has 0 aliphatic rings. The summed E-state index contributed by atoms with van der Waals surface area (Å²) in [7, 11) is 0. The Morgan fingerprint density at radius 1 is 1.36 bits per heavy atom. The first kappa shape index (κ1) is 14.5. The molecule has 2 aromatic heterocycles. The summed E-state index contributed by atoms with van der Waals surface area (Å²) < 4.78 is 1.56. The SMILES string of the molecule is Cc1cccc(Cn2cnc3sc(C(N)=O)c(C)c3c2=O)c1. The molecule has 3 aromatic rings. The summed E-state index contributed by atoms with van der Waals surface area (Å²) in [5.41, 5.74) is 7.99. The van der Waals surface area contributed by atoms with Gasteiger partial charge < -0.3 is 5.73 Å². The minimum Gasteiger partial charge on any atom is -0.365 e. The molecule has 0 bridgehead atoms. The fourth-order valence-corrected chi connectivity index (χ4v) is 3.51. The molecule has 22 heavy (non-hydrogen) atoms.